The third-order valence-electron chi connectivity index (χ3n) is 7.57. The van der Waals surface area contributed by atoms with Crippen LogP contribution in [0.2, 0.25) is 0 Å². The largest absolute Gasteiger partial charge is 0.492 e. The fourth-order valence-electron chi connectivity index (χ4n) is 5.05. The molecule has 3 aromatic rings. The zero-order chi connectivity index (χ0) is 28.9. The van der Waals surface area contributed by atoms with E-state index in [-0.39, 0.29) is 5.91 Å². The van der Waals surface area contributed by atoms with Gasteiger partial charge in [0.15, 0.2) is 0 Å². The second kappa shape index (κ2) is 15.8. The van der Waals surface area contributed by atoms with Gasteiger partial charge in [0.1, 0.15) is 24.2 Å². The van der Waals surface area contributed by atoms with Gasteiger partial charge in [-0.3, -0.25) is 9.69 Å². The van der Waals surface area contributed by atoms with E-state index in [0.717, 1.165) is 68.0 Å². The second-order valence-electron chi connectivity index (χ2n) is 10.6. The van der Waals surface area contributed by atoms with E-state index in [0.29, 0.717) is 26.1 Å². The number of pyridine rings is 1. The molecule has 3 N–H and O–H groups in total. The van der Waals surface area contributed by atoms with Crippen LogP contribution in [0.5, 0.6) is 5.75 Å². The number of carboxylic acid groups (broad SMARTS) is 1. The maximum atomic E-state index is 12.8. The molecule has 1 amide bonds. The molecule has 0 fully saturated rings. The van der Waals surface area contributed by atoms with E-state index >= 15 is 0 Å². The van der Waals surface area contributed by atoms with Crippen LogP contribution in [-0.4, -0.2) is 65.7 Å². The summed E-state index contributed by atoms with van der Waals surface area (Å²) >= 11 is 0. The van der Waals surface area contributed by atoms with Crippen molar-refractivity contribution in [1.82, 2.24) is 15.2 Å². The highest BCUT2D eigenvalue weighted by molar-refractivity contribution is 5.87. The first-order chi connectivity index (χ1) is 20.0. The van der Waals surface area contributed by atoms with Gasteiger partial charge in [-0.25, -0.2) is 9.78 Å². The van der Waals surface area contributed by atoms with Crippen LogP contribution in [0.25, 0.3) is 0 Å². The number of aliphatic carboxylic acids is 1. The summed E-state index contributed by atoms with van der Waals surface area (Å²) in [7, 11) is 0. The molecule has 41 heavy (non-hydrogen) atoms. The summed E-state index contributed by atoms with van der Waals surface area (Å²) in [4.78, 5) is 31.9. The van der Waals surface area contributed by atoms with Crippen molar-refractivity contribution in [2.24, 2.45) is 0 Å². The highest BCUT2D eigenvalue weighted by atomic mass is 16.5. The number of para-hydroxylation sites is 1. The Morgan fingerprint density at radius 1 is 1.00 bits per heavy atom. The first-order valence-corrected chi connectivity index (χ1v) is 14.7. The number of nitrogens with zero attached hydrogens (tertiary/aromatic N) is 2. The first-order valence-electron chi connectivity index (χ1n) is 14.7. The van der Waals surface area contributed by atoms with Gasteiger partial charge in [0.05, 0.1) is 5.92 Å². The minimum Gasteiger partial charge on any atom is -0.492 e. The predicted octanol–water partition coefficient (Wildman–Crippen LogP) is 4.91. The third-order valence-corrected chi connectivity index (χ3v) is 7.57. The zero-order valence-electron chi connectivity index (χ0n) is 23.9. The molecule has 0 saturated carbocycles. The summed E-state index contributed by atoms with van der Waals surface area (Å²) in [6.45, 7) is 5.28. The maximum Gasteiger partial charge on any atom is 0.326 e. The summed E-state index contributed by atoms with van der Waals surface area (Å²) in [6.07, 6.45) is 5.37. The molecule has 1 aliphatic rings. The number of amides is 1. The predicted molar refractivity (Wildman–Crippen MR) is 161 cm³/mol. The highest BCUT2D eigenvalue weighted by Gasteiger charge is 2.24. The summed E-state index contributed by atoms with van der Waals surface area (Å²) in [6, 6.07) is 22.4. The summed E-state index contributed by atoms with van der Waals surface area (Å²) in [5.74, 6) is 0.100. The van der Waals surface area contributed by atoms with Crippen molar-refractivity contribution in [2.75, 3.05) is 38.1 Å². The molecule has 0 unspecified atom stereocenters. The maximum absolute atomic E-state index is 12.8. The van der Waals surface area contributed by atoms with E-state index < -0.39 is 17.9 Å². The number of hydrogen-bond donors (Lipinski definition) is 3. The number of rotatable bonds is 16. The van der Waals surface area contributed by atoms with E-state index in [9.17, 15) is 14.7 Å². The first kappa shape index (κ1) is 30.1. The average Bonchev–Trinajstić information content (AvgIpc) is 3.01. The normalized spacial score (nSPS) is 14.0. The lowest BCUT2D eigenvalue weighted by molar-refractivity contribution is -0.142. The Morgan fingerprint density at radius 3 is 2.51 bits per heavy atom. The number of nitrogens with one attached hydrogen (secondary N) is 2. The van der Waals surface area contributed by atoms with Crippen LogP contribution in [0, 0.1) is 0 Å². The van der Waals surface area contributed by atoms with Crippen LogP contribution in [-0.2, 0) is 22.4 Å². The van der Waals surface area contributed by atoms with Gasteiger partial charge in [0.2, 0.25) is 5.91 Å². The molecule has 1 aromatic heterocycles. The molecule has 8 nitrogen and oxygen atoms in total. The van der Waals surface area contributed by atoms with Crippen molar-refractivity contribution in [3.05, 3.63) is 89.6 Å². The van der Waals surface area contributed by atoms with Crippen LogP contribution in [0.3, 0.4) is 0 Å². The summed E-state index contributed by atoms with van der Waals surface area (Å²) < 4.78 is 5.92. The number of ether oxygens (including phenoxy) is 1. The average molecular weight is 559 g/mol. The highest BCUT2D eigenvalue weighted by Crippen LogP contribution is 2.20. The lowest BCUT2D eigenvalue weighted by Gasteiger charge is -2.25. The van der Waals surface area contributed by atoms with Crippen LogP contribution >= 0.6 is 0 Å². The molecular formula is C33H42N4O4. The smallest absolute Gasteiger partial charge is 0.326 e. The van der Waals surface area contributed by atoms with Crippen LogP contribution in [0.1, 0.15) is 55.3 Å². The topological polar surface area (TPSA) is 104 Å². The Kier molecular flexibility index (Phi) is 11.6. The number of unbranched alkanes of at least 4 members (excludes halogenated alkanes) is 1. The van der Waals surface area contributed by atoms with E-state index in [1.807, 2.05) is 60.7 Å². The second-order valence-corrected chi connectivity index (χ2v) is 10.6. The van der Waals surface area contributed by atoms with Crippen molar-refractivity contribution in [3.8, 4) is 5.75 Å². The Hall–Kier alpha value is -3.91. The number of aromatic nitrogens is 1. The standard InChI is InChI=1S/C33H42N4O4/c1-25(26-11-4-2-5-12-26)32(38)36-30(33(39)40)19-22-37(23-24-41-29-15-6-3-7-16-29)21-9-8-14-28-18-17-27-13-10-20-34-31(27)35-28/h2-7,11-12,15-18,25,30H,8-10,13-14,19-24H2,1H3,(H,34,35)(H,36,38)(H,39,40)/t25-,30-/m0/s1. The minimum absolute atomic E-state index is 0.283. The van der Waals surface area contributed by atoms with Crippen molar-refractivity contribution in [2.45, 2.75) is 57.4 Å². The SMILES string of the molecule is C[C@H](C(=O)N[C@@H](CCN(CCCCc1ccc2c(n1)NCCC2)CCOc1ccccc1)C(=O)O)c1ccccc1. The van der Waals surface area contributed by atoms with Gasteiger partial charge in [0.25, 0.3) is 0 Å². The van der Waals surface area contributed by atoms with E-state index in [1.54, 1.807) is 6.92 Å². The molecule has 4 rings (SSSR count). The van der Waals surface area contributed by atoms with Crippen LogP contribution in [0.15, 0.2) is 72.8 Å². The molecule has 2 atom stereocenters. The quantitative estimate of drug-likeness (QED) is 0.215. The number of carbonyl (C=O) groups excluding carboxylic acids is 1. The number of aryl methyl sites for hydroxylation is 2. The molecule has 218 valence electrons. The van der Waals surface area contributed by atoms with Crippen molar-refractivity contribution in [3.63, 3.8) is 0 Å². The molecular weight excluding hydrogens is 516 g/mol. The number of anilines is 1. The molecule has 8 heteroatoms. The third kappa shape index (κ3) is 9.60. The lowest BCUT2D eigenvalue weighted by Crippen LogP contribution is -2.45. The van der Waals surface area contributed by atoms with Gasteiger partial charge in [-0.15, -0.1) is 0 Å². The monoisotopic (exact) mass is 558 g/mol. The minimum atomic E-state index is -1.02. The summed E-state index contributed by atoms with van der Waals surface area (Å²) in [5.41, 5.74) is 3.25. The molecule has 0 spiro atoms. The Bertz CT molecular complexity index is 1240. The van der Waals surface area contributed by atoms with Gasteiger partial charge in [-0.05, 0) is 81.3 Å². The van der Waals surface area contributed by atoms with Gasteiger partial charge in [-0.1, -0.05) is 54.6 Å². The number of hydrogen-bond acceptors (Lipinski definition) is 6. The molecule has 0 aliphatic carbocycles. The summed E-state index contributed by atoms with van der Waals surface area (Å²) in [5, 5.41) is 16.0. The number of carbonyl (C=O) groups is 2. The fourth-order valence-corrected chi connectivity index (χ4v) is 5.05. The van der Waals surface area contributed by atoms with Crippen LogP contribution < -0.4 is 15.4 Å². The Morgan fingerprint density at radius 2 is 1.76 bits per heavy atom. The number of benzene rings is 2. The van der Waals surface area contributed by atoms with Gasteiger partial charge in [0, 0.05) is 25.3 Å². The molecule has 2 heterocycles. The van der Waals surface area contributed by atoms with Crippen molar-refractivity contribution >= 4 is 17.7 Å². The lowest BCUT2D eigenvalue weighted by atomic mass is 10.00. The number of fused-ring (bicyclic) bond motifs is 1. The van der Waals surface area contributed by atoms with Crippen molar-refractivity contribution < 1.29 is 19.4 Å². The molecule has 1 aliphatic heterocycles. The molecule has 2 aromatic carbocycles. The number of carboxylic acids is 1. The van der Waals surface area contributed by atoms with Gasteiger partial charge in [-0.2, -0.15) is 0 Å². The van der Waals surface area contributed by atoms with Crippen molar-refractivity contribution in [1.29, 1.82) is 0 Å². The van der Waals surface area contributed by atoms with E-state index in [1.165, 1.54) is 5.56 Å². The van der Waals surface area contributed by atoms with Crippen LogP contribution in [0.4, 0.5) is 5.82 Å². The van der Waals surface area contributed by atoms with E-state index in [4.69, 9.17) is 9.72 Å². The molecule has 0 saturated heterocycles. The Balaban J connectivity index is 1.29. The fraction of sp³-hybridized carbons (Fsp3) is 0.424. The van der Waals surface area contributed by atoms with E-state index in [2.05, 4.69) is 27.7 Å². The molecule has 0 bridgehead atoms. The zero-order valence-corrected chi connectivity index (χ0v) is 23.9. The molecule has 0 radical (unpaired) electrons. The Labute approximate surface area is 243 Å². The van der Waals surface area contributed by atoms with Gasteiger partial charge < -0.3 is 20.5 Å². The van der Waals surface area contributed by atoms with Gasteiger partial charge >= 0.3 is 5.97 Å².